The van der Waals surface area contributed by atoms with Gasteiger partial charge in [0.25, 0.3) is 0 Å². The van der Waals surface area contributed by atoms with Gasteiger partial charge >= 0.3 is 7.12 Å². The van der Waals surface area contributed by atoms with Crippen LogP contribution in [-0.4, -0.2) is 36.3 Å². The third-order valence-electron chi connectivity index (χ3n) is 2.51. The molecule has 4 N–H and O–H groups in total. The van der Waals surface area contributed by atoms with E-state index in [0.717, 1.165) is 0 Å². The van der Waals surface area contributed by atoms with Crippen LogP contribution < -0.4 is 20.7 Å². The van der Waals surface area contributed by atoms with Gasteiger partial charge < -0.3 is 25.3 Å². The standard InChI is InChI=1S/C10H12BNO5/c12-4-3-7(13)6-1-2-8-10(17-5-16-8)9(6)11(14)15/h1-2,14-15H,3-5,12H2. The van der Waals surface area contributed by atoms with Crippen molar-refractivity contribution < 1.29 is 24.3 Å². The molecule has 17 heavy (non-hydrogen) atoms. The molecule has 0 aromatic heterocycles. The molecule has 0 aliphatic carbocycles. The van der Waals surface area contributed by atoms with Crippen molar-refractivity contribution in [2.24, 2.45) is 5.73 Å². The van der Waals surface area contributed by atoms with E-state index in [4.69, 9.17) is 15.2 Å². The molecule has 90 valence electrons. The lowest BCUT2D eigenvalue weighted by Crippen LogP contribution is -2.35. The van der Waals surface area contributed by atoms with Gasteiger partial charge in [0.1, 0.15) is 0 Å². The number of carbonyl (C=O) groups excluding carboxylic acids is 1. The number of fused-ring (bicyclic) bond motifs is 1. The number of ketones is 1. The van der Waals surface area contributed by atoms with Crippen molar-refractivity contribution in [1.29, 1.82) is 0 Å². The molecule has 1 heterocycles. The van der Waals surface area contributed by atoms with Crippen LogP contribution in [0.2, 0.25) is 0 Å². The first-order valence-corrected chi connectivity index (χ1v) is 5.17. The highest BCUT2D eigenvalue weighted by Crippen LogP contribution is 2.31. The second-order valence-electron chi connectivity index (χ2n) is 3.60. The van der Waals surface area contributed by atoms with Crippen molar-refractivity contribution in [3.8, 4) is 11.5 Å². The van der Waals surface area contributed by atoms with Crippen LogP contribution in [0.15, 0.2) is 12.1 Å². The van der Waals surface area contributed by atoms with Crippen LogP contribution in [0.3, 0.4) is 0 Å². The fourth-order valence-electron chi connectivity index (χ4n) is 1.76. The Hall–Kier alpha value is -1.57. The minimum atomic E-state index is -1.79. The summed E-state index contributed by atoms with van der Waals surface area (Å²) < 4.78 is 10.2. The zero-order chi connectivity index (χ0) is 12.4. The van der Waals surface area contributed by atoms with Crippen LogP contribution >= 0.6 is 0 Å². The molecule has 0 fully saturated rings. The molecule has 1 aliphatic heterocycles. The van der Waals surface area contributed by atoms with Crippen molar-refractivity contribution in [1.82, 2.24) is 0 Å². The Morgan fingerprint density at radius 3 is 2.82 bits per heavy atom. The number of rotatable bonds is 4. The van der Waals surface area contributed by atoms with Gasteiger partial charge in [0.15, 0.2) is 17.3 Å². The van der Waals surface area contributed by atoms with Crippen molar-refractivity contribution in [3.05, 3.63) is 17.7 Å². The zero-order valence-corrected chi connectivity index (χ0v) is 9.05. The summed E-state index contributed by atoms with van der Waals surface area (Å²) in [5.41, 5.74) is 5.55. The van der Waals surface area contributed by atoms with E-state index in [0.29, 0.717) is 5.75 Å². The molecule has 0 radical (unpaired) electrons. The minimum absolute atomic E-state index is 0.00356. The minimum Gasteiger partial charge on any atom is -0.454 e. The topological polar surface area (TPSA) is 102 Å². The lowest BCUT2D eigenvalue weighted by molar-refractivity contribution is 0.0985. The molecule has 0 saturated carbocycles. The Kier molecular flexibility index (Phi) is 3.32. The van der Waals surface area contributed by atoms with Crippen LogP contribution in [0.25, 0.3) is 0 Å². The summed E-state index contributed by atoms with van der Waals surface area (Å²) in [5.74, 6) is 0.356. The van der Waals surface area contributed by atoms with Gasteiger partial charge in [-0.15, -0.1) is 0 Å². The Balaban J connectivity index is 2.49. The van der Waals surface area contributed by atoms with Crippen molar-refractivity contribution >= 4 is 18.4 Å². The van der Waals surface area contributed by atoms with Crippen molar-refractivity contribution in [2.75, 3.05) is 13.3 Å². The normalized spacial score (nSPS) is 12.6. The molecule has 1 aliphatic rings. The summed E-state index contributed by atoms with van der Waals surface area (Å²) in [6.07, 6.45) is 0.138. The molecule has 0 spiro atoms. The first kappa shape index (κ1) is 11.9. The van der Waals surface area contributed by atoms with Crippen molar-refractivity contribution in [2.45, 2.75) is 6.42 Å². The summed E-state index contributed by atoms with van der Waals surface area (Å²) in [7, 11) is -1.79. The lowest BCUT2D eigenvalue weighted by atomic mass is 9.74. The summed E-state index contributed by atoms with van der Waals surface area (Å²) in [6.45, 7) is 0.206. The Labute approximate surface area is 98.1 Å². The van der Waals surface area contributed by atoms with E-state index >= 15 is 0 Å². The molecule has 0 bridgehead atoms. The molecule has 0 saturated heterocycles. The molecular weight excluding hydrogens is 225 g/mol. The maximum Gasteiger partial charge on any atom is 0.493 e. The van der Waals surface area contributed by atoms with Gasteiger partial charge in [-0.3, -0.25) is 4.79 Å². The predicted octanol–water partition coefficient (Wildman–Crippen LogP) is -1.37. The summed E-state index contributed by atoms with van der Waals surface area (Å²) in [4.78, 5) is 11.8. The van der Waals surface area contributed by atoms with Gasteiger partial charge in [0.2, 0.25) is 6.79 Å². The monoisotopic (exact) mass is 237 g/mol. The summed E-state index contributed by atoms with van der Waals surface area (Å²) >= 11 is 0. The van der Waals surface area contributed by atoms with Crippen LogP contribution in [0.1, 0.15) is 16.8 Å². The van der Waals surface area contributed by atoms with Gasteiger partial charge in [0, 0.05) is 17.4 Å². The van der Waals surface area contributed by atoms with Gasteiger partial charge in [-0.25, -0.2) is 0 Å². The number of ether oxygens (including phenoxy) is 2. The van der Waals surface area contributed by atoms with E-state index in [1.165, 1.54) is 6.07 Å². The van der Waals surface area contributed by atoms with Crippen LogP contribution in [-0.2, 0) is 0 Å². The second kappa shape index (κ2) is 4.74. The van der Waals surface area contributed by atoms with E-state index in [1.54, 1.807) is 6.07 Å². The first-order valence-electron chi connectivity index (χ1n) is 5.17. The average molecular weight is 237 g/mol. The van der Waals surface area contributed by atoms with E-state index in [2.05, 4.69) is 0 Å². The molecule has 6 nitrogen and oxygen atoms in total. The Morgan fingerprint density at radius 2 is 2.18 bits per heavy atom. The number of carbonyl (C=O) groups is 1. The fraction of sp³-hybridized carbons (Fsp3) is 0.300. The number of hydrogen-bond donors (Lipinski definition) is 3. The third-order valence-corrected chi connectivity index (χ3v) is 2.51. The van der Waals surface area contributed by atoms with Crippen molar-refractivity contribution in [3.63, 3.8) is 0 Å². The highest BCUT2D eigenvalue weighted by Gasteiger charge is 2.30. The molecule has 1 aromatic rings. The maximum atomic E-state index is 11.8. The summed E-state index contributed by atoms with van der Waals surface area (Å²) in [5, 5.41) is 18.6. The SMILES string of the molecule is NCCC(=O)c1ccc2c(c1B(O)O)OCO2. The van der Waals surface area contributed by atoms with E-state index in [-0.39, 0.29) is 42.3 Å². The van der Waals surface area contributed by atoms with E-state index in [1.807, 2.05) is 0 Å². The number of nitrogens with two attached hydrogens (primary N) is 1. The first-order chi connectivity index (χ1) is 8.15. The molecule has 0 amide bonds. The number of Topliss-reactive ketones (excluding diaryl/α,β-unsaturated/α-hetero) is 1. The molecular formula is C10H12BNO5. The van der Waals surface area contributed by atoms with Crippen LogP contribution in [0, 0.1) is 0 Å². The molecule has 2 rings (SSSR count). The number of benzene rings is 1. The number of hydrogen-bond acceptors (Lipinski definition) is 6. The zero-order valence-electron chi connectivity index (χ0n) is 9.05. The average Bonchev–Trinajstić information content (AvgIpc) is 2.75. The van der Waals surface area contributed by atoms with Gasteiger partial charge in [-0.2, -0.15) is 0 Å². The Morgan fingerprint density at radius 1 is 1.41 bits per heavy atom. The summed E-state index contributed by atoms with van der Waals surface area (Å²) in [6, 6.07) is 3.05. The molecule has 7 heteroatoms. The fourth-order valence-corrected chi connectivity index (χ4v) is 1.76. The highest BCUT2D eigenvalue weighted by atomic mass is 16.7. The van der Waals surface area contributed by atoms with E-state index < -0.39 is 7.12 Å². The van der Waals surface area contributed by atoms with E-state index in [9.17, 15) is 14.8 Å². The lowest BCUT2D eigenvalue weighted by Gasteiger charge is -2.10. The predicted molar refractivity (Wildman–Crippen MR) is 60.4 cm³/mol. The third kappa shape index (κ3) is 2.12. The molecule has 0 atom stereocenters. The molecule has 0 unspecified atom stereocenters. The Bertz CT molecular complexity index is 449. The highest BCUT2D eigenvalue weighted by molar-refractivity contribution is 6.61. The molecule has 1 aromatic carbocycles. The second-order valence-corrected chi connectivity index (χ2v) is 3.60. The van der Waals surface area contributed by atoms with Gasteiger partial charge in [-0.1, -0.05) is 0 Å². The quantitative estimate of drug-likeness (QED) is 0.441. The van der Waals surface area contributed by atoms with Gasteiger partial charge in [-0.05, 0) is 18.7 Å². The largest absolute Gasteiger partial charge is 0.493 e. The smallest absolute Gasteiger partial charge is 0.454 e. The maximum absolute atomic E-state index is 11.8. The van der Waals surface area contributed by atoms with Gasteiger partial charge in [0.05, 0.1) is 0 Å². The van der Waals surface area contributed by atoms with Crippen LogP contribution in [0.4, 0.5) is 0 Å². The van der Waals surface area contributed by atoms with Crippen LogP contribution in [0.5, 0.6) is 11.5 Å².